The number of pyridine rings is 1. The largest absolute Gasteiger partial charge is 0.276 e. The summed E-state index contributed by atoms with van der Waals surface area (Å²) in [6.45, 7) is 4.04. The molecule has 0 saturated carbocycles. The van der Waals surface area contributed by atoms with Crippen LogP contribution in [0.4, 0.5) is 0 Å². The van der Waals surface area contributed by atoms with Crippen molar-refractivity contribution < 1.29 is 4.79 Å². The predicted octanol–water partition coefficient (Wildman–Crippen LogP) is 2.58. The zero-order chi connectivity index (χ0) is 9.14. The standard InChI is InChI=1S/C9H10ClNO/c1-6(2)8-5-7(9(10)12)3-4-11-8/h3-6H,1-2H3. The highest BCUT2D eigenvalue weighted by molar-refractivity contribution is 6.67. The lowest BCUT2D eigenvalue weighted by Gasteiger charge is -2.03. The second kappa shape index (κ2) is 3.68. The lowest BCUT2D eigenvalue weighted by atomic mass is 10.1. The summed E-state index contributed by atoms with van der Waals surface area (Å²) in [5, 5.41) is -0.431. The third-order valence-corrected chi connectivity index (χ3v) is 1.82. The van der Waals surface area contributed by atoms with Gasteiger partial charge in [-0.2, -0.15) is 0 Å². The Hall–Kier alpha value is -0.890. The summed E-state index contributed by atoms with van der Waals surface area (Å²) in [6.07, 6.45) is 1.60. The third-order valence-electron chi connectivity index (χ3n) is 1.60. The Kier molecular flexibility index (Phi) is 2.82. The van der Waals surface area contributed by atoms with Crippen molar-refractivity contribution in [3.8, 4) is 0 Å². The van der Waals surface area contributed by atoms with Gasteiger partial charge in [-0.1, -0.05) is 13.8 Å². The Labute approximate surface area is 76.6 Å². The number of hydrogen-bond acceptors (Lipinski definition) is 2. The molecule has 0 amide bonds. The van der Waals surface area contributed by atoms with E-state index < -0.39 is 5.24 Å². The number of aromatic nitrogens is 1. The minimum atomic E-state index is -0.431. The molecular weight excluding hydrogens is 174 g/mol. The van der Waals surface area contributed by atoms with Crippen molar-refractivity contribution >= 4 is 16.8 Å². The molecule has 0 aromatic carbocycles. The lowest BCUT2D eigenvalue weighted by Crippen LogP contribution is -1.96. The zero-order valence-electron chi connectivity index (χ0n) is 7.04. The van der Waals surface area contributed by atoms with Crippen molar-refractivity contribution in [3.63, 3.8) is 0 Å². The van der Waals surface area contributed by atoms with Gasteiger partial charge in [-0.25, -0.2) is 0 Å². The molecule has 0 unspecified atom stereocenters. The molecule has 0 radical (unpaired) electrons. The summed E-state index contributed by atoms with van der Waals surface area (Å²) >= 11 is 5.31. The van der Waals surface area contributed by atoms with E-state index in [1.54, 1.807) is 18.3 Å². The first-order valence-electron chi connectivity index (χ1n) is 3.77. The van der Waals surface area contributed by atoms with E-state index in [1.165, 1.54) is 0 Å². The highest BCUT2D eigenvalue weighted by Gasteiger charge is 2.05. The molecule has 3 heteroatoms. The fraction of sp³-hybridized carbons (Fsp3) is 0.333. The molecule has 0 aliphatic rings. The average Bonchev–Trinajstić information content (AvgIpc) is 2.04. The van der Waals surface area contributed by atoms with Gasteiger partial charge in [0.1, 0.15) is 0 Å². The van der Waals surface area contributed by atoms with E-state index in [1.807, 2.05) is 13.8 Å². The van der Waals surface area contributed by atoms with Gasteiger partial charge in [-0.3, -0.25) is 9.78 Å². The smallest absolute Gasteiger partial charge is 0.252 e. The quantitative estimate of drug-likeness (QED) is 0.660. The minimum Gasteiger partial charge on any atom is -0.276 e. The fourth-order valence-corrected chi connectivity index (χ4v) is 1.00. The van der Waals surface area contributed by atoms with Crippen LogP contribution in [0.1, 0.15) is 35.8 Å². The van der Waals surface area contributed by atoms with Gasteiger partial charge < -0.3 is 0 Å². The molecule has 0 spiro atoms. The van der Waals surface area contributed by atoms with Crippen molar-refractivity contribution in [1.29, 1.82) is 0 Å². The predicted molar refractivity (Wildman–Crippen MR) is 48.5 cm³/mol. The van der Waals surface area contributed by atoms with E-state index in [4.69, 9.17) is 11.6 Å². The van der Waals surface area contributed by atoms with Crippen LogP contribution >= 0.6 is 11.6 Å². The number of halogens is 1. The number of carbonyl (C=O) groups is 1. The van der Waals surface area contributed by atoms with Gasteiger partial charge >= 0.3 is 0 Å². The van der Waals surface area contributed by atoms with E-state index >= 15 is 0 Å². The Bertz CT molecular complexity index is 296. The Morgan fingerprint density at radius 2 is 2.25 bits per heavy atom. The molecule has 2 nitrogen and oxygen atoms in total. The van der Waals surface area contributed by atoms with Crippen molar-refractivity contribution in [2.75, 3.05) is 0 Å². The van der Waals surface area contributed by atoms with Crippen LogP contribution in [0.5, 0.6) is 0 Å². The minimum absolute atomic E-state index is 0.320. The molecule has 1 aromatic heterocycles. The summed E-state index contributed by atoms with van der Waals surface area (Å²) < 4.78 is 0. The van der Waals surface area contributed by atoms with E-state index in [-0.39, 0.29) is 0 Å². The maximum absolute atomic E-state index is 10.8. The molecule has 0 atom stereocenters. The number of carbonyl (C=O) groups excluding carboxylic acids is 1. The second-order valence-electron chi connectivity index (χ2n) is 2.90. The summed E-state index contributed by atoms with van der Waals surface area (Å²) in [5.41, 5.74) is 1.40. The summed E-state index contributed by atoms with van der Waals surface area (Å²) in [4.78, 5) is 14.9. The molecule has 0 aliphatic carbocycles. The molecule has 0 N–H and O–H groups in total. The Balaban J connectivity index is 3.04. The normalized spacial score (nSPS) is 10.3. The van der Waals surface area contributed by atoms with Crippen molar-refractivity contribution in [1.82, 2.24) is 4.98 Å². The van der Waals surface area contributed by atoms with Crippen LogP contribution in [0.25, 0.3) is 0 Å². The zero-order valence-corrected chi connectivity index (χ0v) is 7.80. The van der Waals surface area contributed by atoms with Gasteiger partial charge in [0, 0.05) is 17.5 Å². The van der Waals surface area contributed by atoms with Crippen LogP contribution in [-0.4, -0.2) is 10.2 Å². The van der Waals surface area contributed by atoms with Gasteiger partial charge in [0.15, 0.2) is 0 Å². The average molecular weight is 184 g/mol. The molecule has 1 aromatic rings. The van der Waals surface area contributed by atoms with Crippen LogP contribution in [0.15, 0.2) is 18.3 Å². The van der Waals surface area contributed by atoms with Gasteiger partial charge in [0.25, 0.3) is 5.24 Å². The van der Waals surface area contributed by atoms with Crippen LogP contribution in [0, 0.1) is 0 Å². The van der Waals surface area contributed by atoms with Crippen LogP contribution < -0.4 is 0 Å². The van der Waals surface area contributed by atoms with Gasteiger partial charge in [-0.05, 0) is 29.7 Å². The van der Waals surface area contributed by atoms with Crippen LogP contribution in [-0.2, 0) is 0 Å². The Morgan fingerprint density at radius 3 is 2.75 bits per heavy atom. The fourth-order valence-electron chi connectivity index (χ4n) is 0.886. The van der Waals surface area contributed by atoms with Gasteiger partial charge in [0.05, 0.1) is 0 Å². The topological polar surface area (TPSA) is 30.0 Å². The number of nitrogens with zero attached hydrogens (tertiary/aromatic N) is 1. The summed E-state index contributed by atoms with van der Waals surface area (Å²) in [7, 11) is 0. The van der Waals surface area contributed by atoms with Crippen LogP contribution in [0.2, 0.25) is 0 Å². The summed E-state index contributed by atoms with van der Waals surface area (Å²) in [6, 6.07) is 3.33. The van der Waals surface area contributed by atoms with E-state index in [2.05, 4.69) is 4.98 Å². The highest BCUT2D eigenvalue weighted by Crippen LogP contribution is 2.13. The lowest BCUT2D eigenvalue weighted by molar-refractivity contribution is 0.108. The van der Waals surface area contributed by atoms with E-state index in [0.717, 1.165) is 5.69 Å². The SMILES string of the molecule is CC(C)c1cc(C(=O)Cl)ccn1. The molecule has 0 saturated heterocycles. The molecular formula is C9H10ClNO. The Morgan fingerprint density at radius 1 is 1.58 bits per heavy atom. The maximum Gasteiger partial charge on any atom is 0.252 e. The molecule has 12 heavy (non-hydrogen) atoms. The first-order chi connectivity index (χ1) is 5.61. The highest BCUT2D eigenvalue weighted by atomic mass is 35.5. The second-order valence-corrected chi connectivity index (χ2v) is 3.24. The molecule has 0 aliphatic heterocycles. The van der Waals surface area contributed by atoms with Crippen molar-refractivity contribution in [3.05, 3.63) is 29.6 Å². The monoisotopic (exact) mass is 183 g/mol. The first kappa shape index (κ1) is 9.20. The van der Waals surface area contributed by atoms with Crippen molar-refractivity contribution in [2.24, 2.45) is 0 Å². The summed E-state index contributed by atoms with van der Waals surface area (Å²) in [5.74, 6) is 0.320. The third kappa shape index (κ3) is 2.05. The maximum atomic E-state index is 10.8. The van der Waals surface area contributed by atoms with Crippen molar-refractivity contribution in [2.45, 2.75) is 19.8 Å². The van der Waals surface area contributed by atoms with E-state index in [0.29, 0.717) is 11.5 Å². The van der Waals surface area contributed by atoms with Gasteiger partial charge in [0.2, 0.25) is 0 Å². The number of hydrogen-bond donors (Lipinski definition) is 0. The first-order valence-corrected chi connectivity index (χ1v) is 4.15. The molecule has 0 bridgehead atoms. The number of rotatable bonds is 2. The molecule has 1 heterocycles. The van der Waals surface area contributed by atoms with Crippen LogP contribution in [0.3, 0.4) is 0 Å². The molecule has 64 valence electrons. The molecule has 1 rings (SSSR count). The van der Waals surface area contributed by atoms with Gasteiger partial charge in [-0.15, -0.1) is 0 Å². The van der Waals surface area contributed by atoms with E-state index in [9.17, 15) is 4.79 Å². The molecule has 0 fully saturated rings.